The van der Waals surface area contributed by atoms with E-state index in [0.29, 0.717) is 0 Å². The predicted octanol–water partition coefficient (Wildman–Crippen LogP) is 4.10. The molecule has 0 radical (unpaired) electrons. The maximum atomic E-state index is 6.31. The molecule has 0 amide bonds. The summed E-state index contributed by atoms with van der Waals surface area (Å²) >= 11 is 1.70. The second-order valence-electron chi connectivity index (χ2n) is 6.23. The lowest BCUT2D eigenvalue weighted by molar-refractivity contribution is -0.0118. The van der Waals surface area contributed by atoms with Crippen LogP contribution < -0.4 is 4.78 Å². The SMILES string of the molecule is CCC1(C)OB(c2sccc2-c2ccccc2)OC1(C)C. The first-order chi connectivity index (χ1) is 9.97. The predicted molar refractivity (Wildman–Crippen MR) is 90.1 cm³/mol. The van der Waals surface area contributed by atoms with E-state index in [1.165, 1.54) is 11.1 Å². The van der Waals surface area contributed by atoms with E-state index < -0.39 is 0 Å². The summed E-state index contributed by atoms with van der Waals surface area (Å²) in [5, 5.41) is 2.11. The van der Waals surface area contributed by atoms with Crippen LogP contribution in [-0.2, 0) is 9.31 Å². The first-order valence-corrected chi connectivity index (χ1v) is 8.33. The van der Waals surface area contributed by atoms with Crippen molar-refractivity contribution in [3.8, 4) is 11.1 Å². The van der Waals surface area contributed by atoms with E-state index in [2.05, 4.69) is 63.4 Å². The van der Waals surface area contributed by atoms with Crippen LogP contribution in [0.25, 0.3) is 11.1 Å². The zero-order chi connectivity index (χ0) is 15.1. The van der Waals surface area contributed by atoms with E-state index in [-0.39, 0.29) is 18.3 Å². The summed E-state index contributed by atoms with van der Waals surface area (Å²) in [6.07, 6.45) is 0.933. The summed E-state index contributed by atoms with van der Waals surface area (Å²) in [5.74, 6) is 0. The lowest BCUT2D eigenvalue weighted by Crippen LogP contribution is -2.44. The average molecular weight is 300 g/mol. The van der Waals surface area contributed by atoms with Crippen LogP contribution >= 0.6 is 11.3 Å². The minimum atomic E-state index is -0.287. The fraction of sp³-hybridized carbons (Fsp3) is 0.412. The minimum Gasteiger partial charge on any atom is -0.399 e. The Morgan fingerprint density at radius 2 is 1.76 bits per heavy atom. The fourth-order valence-corrected chi connectivity index (χ4v) is 3.64. The van der Waals surface area contributed by atoms with Crippen molar-refractivity contribution in [2.24, 2.45) is 0 Å². The zero-order valence-electron chi connectivity index (χ0n) is 13.1. The molecule has 0 saturated carbocycles. The lowest BCUT2D eigenvalue weighted by Gasteiger charge is -2.35. The standard InChI is InChI=1S/C17H21BO2S/c1-5-17(4)16(2,3)19-18(20-17)15-14(11-12-21-15)13-9-7-6-8-10-13/h6-12H,5H2,1-4H3. The molecule has 2 nitrogen and oxygen atoms in total. The van der Waals surface area contributed by atoms with Gasteiger partial charge >= 0.3 is 7.12 Å². The molecule has 1 aliphatic heterocycles. The molecular weight excluding hydrogens is 279 g/mol. The molecule has 1 saturated heterocycles. The second kappa shape index (κ2) is 5.27. The Balaban J connectivity index is 1.96. The number of thiophene rings is 1. The largest absolute Gasteiger partial charge is 0.506 e. The molecule has 0 aliphatic carbocycles. The van der Waals surface area contributed by atoms with Gasteiger partial charge in [-0.25, -0.2) is 0 Å². The molecule has 1 aromatic carbocycles. The molecule has 21 heavy (non-hydrogen) atoms. The van der Waals surface area contributed by atoms with Gasteiger partial charge in [0.25, 0.3) is 0 Å². The average Bonchev–Trinajstić information content (AvgIpc) is 3.04. The Hall–Kier alpha value is -1.10. The fourth-order valence-electron chi connectivity index (χ4n) is 2.77. The molecule has 0 spiro atoms. The Bertz CT molecular complexity index is 623. The van der Waals surface area contributed by atoms with E-state index in [1.807, 2.05) is 6.07 Å². The number of hydrogen-bond donors (Lipinski definition) is 0. The van der Waals surface area contributed by atoms with Gasteiger partial charge in [-0.15, -0.1) is 0 Å². The van der Waals surface area contributed by atoms with Gasteiger partial charge in [0.05, 0.1) is 11.2 Å². The maximum absolute atomic E-state index is 6.31. The monoisotopic (exact) mass is 300 g/mol. The summed E-state index contributed by atoms with van der Waals surface area (Å²) in [5.41, 5.74) is 1.88. The molecule has 4 heteroatoms. The maximum Gasteiger partial charge on any atom is 0.506 e. The molecule has 1 fully saturated rings. The van der Waals surface area contributed by atoms with Gasteiger partial charge in [0.15, 0.2) is 0 Å². The quantitative estimate of drug-likeness (QED) is 0.794. The van der Waals surface area contributed by atoms with E-state index in [9.17, 15) is 0 Å². The molecule has 110 valence electrons. The van der Waals surface area contributed by atoms with Gasteiger partial charge in [0.1, 0.15) is 0 Å². The van der Waals surface area contributed by atoms with Crippen molar-refractivity contribution in [2.45, 2.75) is 45.3 Å². The van der Waals surface area contributed by atoms with Crippen LogP contribution in [0.5, 0.6) is 0 Å². The van der Waals surface area contributed by atoms with Gasteiger partial charge < -0.3 is 9.31 Å². The third kappa shape index (κ3) is 2.46. The van der Waals surface area contributed by atoms with Gasteiger partial charge in [-0.1, -0.05) is 37.3 Å². The molecule has 1 unspecified atom stereocenters. The van der Waals surface area contributed by atoms with Gasteiger partial charge in [-0.3, -0.25) is 0 Å². The van der Waals surface area contributed by atoms with Crippen LogP contribution in [-0.4, -0.2) is 18.3 Å². The summed E-state index contributed by atoms with van der Waals surface area (Å²) in [4.78, 5) is 0. The van der Waals surface area contributed by atoms with E-state index in [0.717, 1.165) is 11.2 Å². The van der Waals surface area contributed by atoms with Gasteiger partial charge in [-0.2, -0.15) is 11.3 Å². The third-order valence-corrected chi connectivity index (χ3v) is 5.65. The Morgan fingerprint density at radius 1 is 1.05 bits per heavy atom. The Kier molecular flexibility index (Phi) is 3.72. The molecule has 2 heterocycles. The van der Waals surface area contributed by atoms with Crippen molar-refractivity contribution in [3.63, 3.8) is 0 Å². The first-order valence-electron chi connectivity index (χ1n) is 7.45. The molecule has 1 atom stereocenters. The van der Waals surface area contributed by atoms with E-state index in [4.69, 9.17) is 9.31 Å². The smallest absolute Gasteiger partial charge is 0.399 e. The zero-order valence-corrected chi connectivity index (χ0v) is 13.9. The van der Waals surface area contributed by atoms with Gasteiger partial charge in [-0.05, 0) is 49.8 Å². The second-order valence-corrected chi connectivity index (χ2v) is 7.17. The summed E-state index contributed by atoms with van der Waals surface area (Å²) in [7, 11) is -0.278. The highest BCUT2D eigenvalue weighted by molar-refractivity contribution is 7.21. The lowest BCUT2D eigenvalue weighted by atomic mass is 9.83. The van der Waals surface area contributed by atoms with Crippen molar-refractivity contribution in [1.82, 2.24) is 0 Å². The summed E-state index contributed by atoms with van der Waals surface area (Å²) in [6.45, 7) is 8.53. The topological polar surface area (TPSA) is 18.5 Å². The first kappa shape index (κ1) is 14.8. The highest BCUT2D eigenvalue weighted by atomic mass is 32.1. The van der Waals surface area contributed by atoms with Crippen LogP contribution in [0.4, 0.5) is 0 Å². The van der Waals surface area contributed by atoms with Crippen LogP contribution in [0.1, 0.15) is 34.1 Å². The van der Waals surface area contributed by atoms with Crippen molar-refractivity contribution >= 4 is 23.2 Å². The van der Waals surface area contributed by atoms with E-state index in [1.54, 1.807) is 11.3 Å². The van der Waals surface area contributed by atoms with Crippen molar-refractivity contribution in [1.29, 1.82) is 0 Å². The summed E-state index contributed by atoms with van der Waals surface area (Å²) in [6, 6.07) is 12.6. The highest BCUT2D eigenvalue weighted by Crippen LogP contribution is 2.40. The molecule has 1 aromatic heterocycles. The van der Waals surface area contributed by atoms with Crippen molar-refractivity contribution in [2.75, 3.05) is 0 Å². The third-order valence-electron chi connectivity index (χ3n) is 4.71. The van der Waals surface area contributed by atoms with Crippen molar-refractivity contribution < 1.29 is 9.31 Å². The van der Waals surface area contributed by atoms with Crippen LogP contribution in [0, 0.1) is 0 Å². The Morgan fingerprint density at radius 3 is 2.38 bits per heavy atom. The van der Waals surface area contributed by atoms with Crippen molar-refractivity contribution in [3.05, 3.63) is 41.8 Å². The molecule has 0 bridgehead atoms. The van der Waals surface area contributed by atoms with Crippen LogP contribution in [0.3, 0.4) is 0 Å². The number of hydrogen-bond acceptors (Lipinski definition) is 3. The normalized spacial score (nSPS) is 24.5. The highest BCUT2D eigenvalue weighted by Gasteiger charge is 2.54. The van der Waals surface area contributed by atoms with Gasteiger partial charge in [0, 0.05) is 4.78 Å². The molecule has 0 N–H and O–H groups in total. The number of benzene rings is 1. The summed E-state index contributed by atoms with van der Waals surface area (Å²) < 4.78 is 13.7. The van der Waals surface area contributed by atoms with Crippen LogP contribution in [0.15, 0.2) is 41.8 Å². The number of rotatable bonds is 3. The molecule has 2 aromatic rings. The van der Waals surface area contributed by atoms with Gasteiger partial charge in [0.2, 0.25) is 0 Å². The molecular formula is C17H21BO2S. The Labute approximate surface area is 131 Å². The molecule has 3 rings (SSSR count). The van der Waals surface area contributed by atoms with Crippen LogP contribution in [0.2, 0.25) is 0 Å². The minimum absolute atomic E-state index is 0.254. The van der Waals surface area contributed by atoms with E-state index >= 15 is 0 Å². The molecule has 1 aliphatic rings.